The minimum Gasteiger partial charge on any atom is -0.376 e. The van der Waals surface area contributed by atoms with Gasteiger partial charge >= 0.3 is 11.8 Å². The first-order chi connectivity index (χ1) is 9.56. The first-order valence-corrected chi connectivity index (χ1v) is 7.32. The van der Waals surface area contributed by atoms with Crippen molar-refractivity contribution >= 4 is 33.4 Å². The normalized spacial score (nSPS) is 17.8. The van der Waals surface area contributed by atoms with Crippen LogP contribution in [0.3, 0.4) is 0 Å². The molecule has 0 spiro atoms. The number of hydrogen-bond acceptors (Lipinski definition) is 3. The molecule has 5 nitrogen and oxygen atoms in total. The van der Waals surface area contributed by atoms with Crippen molar-refractivity contribution in [2.75, 3.05) is 18.5 Å². The van der Waals surface area contributed by atoms with Crippen molar-refractivity contribution in [3.05, 3.63) is 28.2 Å². The second kappa shape index (κ2) is 6.85. The lowest BCUT2D eigenvalue weighted by molar-refractivity contribution is -0.136. The molecule has 0 aliphatic carbocycles. The van der Waals surface area contributed by atoms with Crippen molar-refractivity contribution < 1.29 is 14.3 Å². The van der Waals surface area contributed by atoms with Crippen molar-refractivity contribution in [3.8, 4) is 0 Å². The number of nitrogens with one attached hydrogen (secondary N) is 2. The Kier molecular flexibility index (Phi) is 5.14. The van der Waals surface area contributed by atoms with Gasteiger partial charge in [-0.05, 0) is 43.5 Å². The van der Waals surface area contributed by atoms with Crippen molar-refractivity contribution in [1.82, 2.24) is 5.32 Å². The number of halogens is 1. The molecule has 108 valence electrons. The van der Waals surface area contributed by atoms with Crippen molar-refractivity contribution in [3.63, 3.8) is 0 Å². The molecule has 1 saturated heterocycles. The Hall–Kier alpha value is -1.40. The molecular formula is C14H17BrN2O3. The van der Waals surface area contributed by atoms with Gasteiger partial charge in [0.05, 0.1) is 6.10 Å². The largest absolute Gasteiger partial charge is 0.376 e. The van der Waals surface area contributed by atoms with Gasteiger partial charge in [0.1, 0.15) is 0 Å². The fraction of sp³-hybridized carbons (Fsp3) is 0.429. The average Bonchev–Trinajstić information content (AvgIpc) is 2.92. The molecule has 1 heterocycles. The van der Waals surface area contributed by atoms with Crippen LogP contribution >= 0.6 is 15.9 Å². The third-order valence-corrected chi connectivity index (χ3v) is 3.65. The third kappa shape index (κ3) is 4.05. The lowest BCUT2D eigenvalue weighted by Gasteiger charge is -2.11. The fourth-order valence-electron chi connectivity index (χ4n) is 2.04. The number of hydrogen-bond donors (Lipinski definition) is 2. The molecule has 2 rings (SSSR count). The Bertz CT molecular complexity index is 513. The highest BCUT2D eigenvalue weighted by Gasteiger charge is 2.19. The van der Waals surface area contributed by atoms with Gasteiger partial charge in [-0.15, -0.1) is 0 Å². The lowest BCUT2D eigenvalue weighted by atomic mass is 10.2. The predicted octanol–water partition coefficient (Wildman–Crippen LogP) is 1.99. The number of carbonyl (C=O) groups excluding carboxylic acids is 2. The molecule has 2 amide bonds. The first-order valence-electron chi connectivity index (χ1n) is 6.53. The molecule has 0 bridgehead atoms. The van der Waals surface area contributed by atoms with Crippen LogP contribution in [0, 0.1) is 6.92 Å². The number of carbonyl (C=O) groups is 2. The van der Waals surface area contributed by atoms with Gasteiger partial charge in [-0.1, -0.05) is 15.9 Å². The third-order valence-electron chi connectivity index (χ3n) is 3.16. The summed E-state index contributed by atoms with van der Waals surface area (Å²) < 4.78 is 6.31. The molecule has 0 radical (unpaired) electrons. The van der Waals surface area contributed by atoms with Crippen LogP contribution in [0.5, 0.6) is 0 Å². The summed E-state index contributed by atoms with van der Waals surface area (Å²) in [4.78, 5) is 23.5. The van der Waals surface area contributed by atoms with Gasteiger partial charge in [-0.2, -0.15) is 0 Å². The van der Waals surface area contributed by atoms with Crippen LogP contribution < -0.4 is 10.6 Å². The lowest BCUT2D eigenvalue weighted by Crippen LogP contribution is -2.39. The Balaban J connectivity index is 1.85. The second-order valence-electron chi connectivity index (χ2n) is 4.76. The minimum absolute atomic E-state index is 0.0289. The summed E-state index contributed by atoms with van der Waals surface area (Å²) in [6.45, 7) is 2.97. The van der Waals surface area contributed by atoms with Gasteiger partial charge < -0.3 is 15.4 Å². The highest BCUT2D eigenvalue weighted by Crippen LogP contribution is 2.19. The van der Waals surface area contributed by atoms with E-state index in [-0.39, 0.29) is 6.10 Å². The summed E-state index contributed by atoms with van der Waals surface area (Å²) >= 11 is 3.35. The molecular weight excluding hydrogens is 324 g/mol. The van der Waals surface area contributed by atoms with Crippen molar-refractivity contribution in [1.29, 1.82) is 0 Å². The molecule has 1 fully saturated rings. The van der Waals surface area contributed by atoms with E-state index in [1.54, 1.807) is 6.07 Å². The van der Waals surface area contributed by atoms with E-state index in [9.17, 15) is 9.59 Å². The summed E-state index contributed by atoms with van der Waals surface area (Å²) in [5, 5.41) is 5.19. The fourth-order valence-corrected chi connectivity index (χ4v) is 2.51. The Morgan fingerprint density at radius 3 is 2.85 bits per heavy atom. The maximum atomic E-state index is 11.8. The van der Waals surface area contributed by atoms with E-state index in [4.69, 9.17) is 4.74 Å². The zero-order chi connectivity index (χ0) is 14.5. The maximum Gasteiger partial charge on any atom is 0.313 e. The molecule has 1 aromatic carbocycles. The number of ether oxygens (including phenoxy) is 1. The van der Waals surface area contributed by atoms with Crippen LogP contribution in [-0.4, -0.2) is 31.1 Å². The summed E-state index contributed by atoms with van der Waals surface area (Å²) in [6.07, 6.45) is 1.96. The Labute approximate surface area is 126 Å². The van der Waals surface area contributed by atoms with Gasteiger partial charge in [0.15, 0.2) is 0 Å². The standard InChI is InChI=1S/C14H17BrN2O3/c1-9-7-10(15)4-5-12(9)17-14(19)13(18)16-8-11-3-2-6-20-11/h4-5,7,11H,2-3,6,8H2,1H3,(H,16,18)(H,17,19)/t11-/m0/s1. The van der Waals surface area contributed by atoms with Crippen molar-refractivity contribution in [2.24, 2.45) is 0 Å². The van der Waals surface area contributed by atoms with Crippen LogP contribution in [0.15, 0.2) is 22.7 Å². The highest BCUT2D eigenvalue weighted by atomic mass is 79.9. The summed E-state index contributed by atoms with van der Waals surface area (Å²) in [6, 6.07) is 5.44. The second-order valence-corrected chi connectivity index (χ2v) is 5.67. The van der Waals surface area contributed by atoms with Gasteiger partial charge in [0, 0.05) is 23.3 Å². The molecule has 1 aromatic rings. The zero-order valence-electron chi connectivity index (χ0n) is 11.2. The van der Waals surface area contributed by atoms with E-state index in [1.165, 1.54) is 0 Å². The van der Waals surface area contributed by atoms with Crippen LogP contribution in [0.4, 0.5) is 5.69 Å². The number of rotatable bonds is 3. The molecule has 1 aliphatic rings. The van der Waals surface area contributed by atoms with Crippen LogP contribution in [0.1, 0.15) is 18.4 Å². The molecule has 0 aromatic heterocycles. The van der Waals surface area contributed by atoms with Crippen LogP contribution in [0.2, 0.25) is 0 Å². The minimum atomic E-state index is -0.659. The number of anilines is 1. The summed E-state index contributed by atoms with van der Waals surface area (Å²) in [5.41, 5.74) is 1.52. The van der Waals surface area contributed by atoms with E-state index in [1.807, 2.05) is 19.1 Å². The maximum absolute atomic E-state index is 11.8. The number of aryl methyl sites for hydroxylation is 1. The topological polar surface area (TPSA) is 67.4 Å². The molecule has 0 saturated carbocycles. The van der Waals surface area contributed by atoms with Gasteiger partial charge in [-0.25, -0.2) is 0 Å². The number of benzene rings is 1. The molecule has 0 unspecified atom stereocenters. The summed E-state index contributed by atoms with van der Waals surface area (Å²) in [7, 11) is 0. The van der Waals surface area contributed by atoms with E-state index >= 15 is 0 Å². The van der Waals surface area contributed by atoms with Crippen LogP contribution in [-0.2, 0) is 14.3 Å². The molecule has 20 heavy (non-hydrogen) atoms. The molecule has 2 N–H and O–H groups in total. The van der Waals surface area contributed by atoms with Gasteiger partial charge in [0.2, 0.25) is 0 Å². The highest BCUT2D eigenvalue weighted by molar-refractivity contribution is 9.10. The van der Waals surface area contributed by atoms with E-state index in [2.05, 4.69) is 26.6 Å². The summed E-state index contributed by atoms with van der Waals surface area (Å²) in [5.74, 6) is -1.30. The Morgan fingerprint density at radius 1 is 1.40 bits per heavy atom. The molecule has 1 aliphatic heterocycles. The Morgan fingerprint density at radius 2 is 2.20 bits per heavy atom. The van der Waals surface area contributed by atoms with Crippen LogP contribution in [0.25, 0.3) is 0 Å². The van der Waals surface area contributed by atoms with Crippen molar-refractivity contribution in [2.45, 2.75) is 25.9 Å². The van der Waals surface area contributed by atoms with E-state index in [0.29, 0.717) is 12.2 Å². The van der Waals surface area contributed by atoms with Gasteiger partial charge in [0.25, 0.3) is 0 Å². The smallest absolute Gasteiger partial charge is 0.313 e. The predicted molar refractivity (Wildman–Crippen MR) is 79.5 cm³/mol. The van der Waals surface area contributed by atoms with E-state index < -0.39 is 11.8 Å². The molecule has 1 atom stereocenters. The first kappa shape index (κ1) is 15.0. The monoisotopic (exact) mass is 340 g/mol. The quantitative estimate of drug-likeness (QED) is 0.827. The SMILES string of the molecule is Cc1cc(Br)ccc1NC(=O)C(=O)NC[C@@H]1CCCO1. The number of amides is 2. The zero-order valence-corrected chi connectivity index (χ0v) is 12.8. The molecule has 6 heteroatoms. The van der Waals surface area contributed by atoms with E-state index in [0.717, 1.165) is 29.5 Å². The average molecular weight is 341 g/mol. The van der Waals surface area contributed by atoms with Gasteiger partial charge in [-0.3, -0.25) is 9.59 Å².